The average Bonchev–Trinajstić information content (AvgIpc) is 2.89. The smallest absolute Gasteiger partial charge is 0.137 e. The molecule has 19 heavy (non-hydrogen) atoms. The Bertz CT molecular complexity index is 673. The Hall–Kier alpha value is -2.36. The molecule has 0 radical (unpaired) electrons. The van der Waals surface area contributed by atoms with Gasteiger partial charge in [-0.05, 0) is 30.7 Å². The molecule has 96 valence electrons. The van der Waals surface area contributed by atoms with E-state index in [4.69, 9.17) is 0 Å². The van der Waals surface area contributed by atoms with Gasteiger partial charge in [0.25, 0.3) is 0 Å². The molecule has 0 amide bonds. The van der Waals surface area contributed by atoms with Crippen LogP contribution in [0.1, 0.15) is 13.3 Å². The highest BCUT2D eigenvalue weighted by Crippen LogP contribution is 2.19. The summed E-state index contributed by atoms with van der Waals surface area (Å²) >= 11 is 0. The van der Waals surface area contributed by atoms with Crippen LogP contribution in [0.5, 0.6) is 0 Å². The molecule has 3 aromatic rings. The lowest BCUT2D eigenvalue weighted by Crippen LogP contribution is -2.00. The van der Waals surface area contributed by atoms with Crippen LogP contribution in [-0.2, 0) is 0 Å². The van der Waals surface area contributed by atoms with Crippen molar-refractivity contribution in [3.63, 3.8) is 0 Å². The molecule has 0 unspecified atom stereocenters. The zero-order chi connectivity index (χ0) is 13.1. The number of hydrogen-bond donors (Lipinski definition) is 1. The summed E-state index contributed by atoms with van der Waals surface area (Å²) < 4.78 is 2.05. The lowest BCUT2D eigenvalue weighted by molar-refractivity contribution is 0.976. The molecule has 3 rings (SSSR count). The summed E-state index contributed by atoms with van der Waals surface area (Å²) in [5, 5.41) is 3.38. The van der Waals surface area contributed by atoms with Crippen LogP contribution in [0.2, 0.25) is 0 Å². The van der Waals surface area contributed by atoms with Crippen LogP contribution < -0.4 is 5.32 Å². The first-order chi connectivity index (χ1) is 9.36. The predicted octanol–water partition coefficient (Wildman–Crippen LogP) is 3.22. The van der Waals surface area contributed by atoms with Gasteiger partial charge in [0.1, 0.15) is 5.65 Å². The normalized spacial score (nSPS) is 10.8. The quantitative estimate of drug-likeness (QED) is 0.775. The van der Waals surface area contributed by atoms with E-state index in [1.165, 1.54) is 0 Å². The Balaban J connectivity index is 1.97. The molecule has 3 heterocycles. The monoisotopic (exact) mass is 252 g/mol. The topological polar surface area (TPSA) is 42.2 Å². The van der Waals surface area contributed by atoms with Gasteiger partial charge in [0.15, 0.2) is 0 Å². The van der Waals surface area contributed by atoms with Crippen LogP contribution in [0.15, 0.2) is 49.1 Å². The lowest BCUT2D eigenvalue weighted by Gasteiger charge is -2.04. The third-order valence-corrected chi connectivity index (χ3v) is 3.01. The predicted molar refractivity (Wildman–Crippen MR) is 77.2 cm³/mol. The summed E-state index contributed by atoms with van der Waals surface area (Å²) in [5.41, 5.74) is 4.12. The fourth-order valence-electron chi connectivity index (χ4n) is 2.03. The SMILES string of the molecule is CCCNc1ccc2nc(-c3ccncc3)cn2c1. The summed E-state index contributed by atoms with van der Waals surface area (Å²) in [4.78, 5) is 8.64. The second kappa shape index (κ2) is 5.10. The highest BCUT2D eigenvalue weighted by atomic mass is 15.0. The molecule has 0 aliphatic carbocycles. The van der Waals surface area contributed by atoms with Gasteiger partial charge >= 0.3 is 0 Å². The molecule has 1 N–H and O–H groups in total. The molecule has 0 bridgehead atoms. The zero-order valence-electron chi connectivity index (χ0n) is 10.9. The molecule has 0 atom stereocenters. The summed E-state index contributed by atoms with van der Waals surface area (Å²) in [6.45, 7) is 3.14. The molecule has 4 nitrogen and oxygen atoms in total. The van der Waals surface area contributed by atoms with Crippen LogP contribution >= 0.6 is 0 Å². The number of nitrogens with one attached hydrogen (secondary N) is 1. The summed E-state index contributed by atoms with van der Waals surface area (Å²) in [5.74, 6) is 0. The first kappa shape index (κ1) is 11.7. The molecular formula is C15H16N4. The minimum Gasteiger partial charge on any atom is -0.384 e. The van der Waals surface area contributed by atoms with Crippen LogP contribution in [-0.4, -0.2) is 20.9 Å². The minimum atomic E-state index is 0.953. The van der Waals surface area contributed by atoms with Crippen molar-refractivity contribution >= 4 is 11.3 Å². The van der Waals surface area contributed by atoms with E-state index in [1.54, 1.807) is 12.4 Å². The van der Waals surface area contributed by atoms with Crippen molar-refractivity contribution in [3.05, 3.63) is 49.1 Å². The third kappa shape index (κ3) is 2.42. The fraction of sp³-hybridized carbons (Fsp3) is 0.200. The average molecular weight is 252 g/mol. The first-order valence-electron chi connectivity index (χ1n) is 6.50. The van der Waals surface area contributed by atoms with E-state index in [0.717, 1.165) is 35.6 Å². The largest absolute Gasteiger partial charge is 0.384 e. The molecule has 0 fully saturated rings. The van der Waals surface area contributed by atoms with Crippen molar-refractivity contribution in [2.24, 2.45) is 0 Å². The first-order valence-corrected chi connectivity index (χ1v) is 6.50. The number of aromatic nitrogens is 3. The maximum Gasteiger partial charge on any atom is 0.137 e. The van der Waals surface area contributed by atoms with Gasteiger partial charge in [-0.3, -0.25) is 4.98 Å². The highest BCUT2D eigenvalue weighted by molar-refractivity contribution is 5.63. The number of nitrogens with zero attached hydrogens (tertiary/aromatic N) is 3. The number of pyridine rings is 2. The van der Waals surface area contributed by atoms with Gasteiger partial charge in [-0.2, -0.15) is 0 Å². The number of hydrogen-bond acceptors (Lipinski definition) is 3. The number of imidazole rings is 1. The molecule has 0 aromatic carbocycles. The molecule has 4 heteroatoms. The number of fused-ring (bicyclic) bond motifs is 1. The molecule has 0 saturated heterocycles. The Morgan fingerprint density at radius 3 is 2.74 bits per heavy atom. The van der Waals surface area contributed by atoms with E-state index in [9.17, 15) is 0 Å². The number of rotatable bonds is 4. The molecule has 0 spiro atoms. The standard InChI is InChI=1S/C15H16N4/c1-2-7-17-13-3-4-15-18-14(11-19(15)10-13)12-5-8-16-9-6-12/h3-6,8-11,17H,2,7H2,1H3. The van der Waals surface area contributed by atoms with E-state index in [0.29, 0.717) is 0 Å². The van der Waals surface area contributed by atoms with Gasteiger partial charge in [0.05, 0.1) is 11.4 Å². The van der Waals surface area contributed by atoms with Gasteiger partial charge < -0.3 is 9.72 Å². The van der Waals surface area contributed by atoms with Gasteiger partial charge in [-0.15, -0.1) is 0 Å². The molecular weight excluding hydrogens is 236 g/mol. The lowest BCUT2D eigenvalue weighted by atomic mass is 10.2. The molecule has 0 saturated carbocycles. The Morgan fingerprint density at radius 1 is 1.11 bits per heavy atom. The van der Waals surface area contributed by atoms with Gasteiger partial charge in [0, 0.05) is 36.9 Å². The van der Waals surface area contributed by atoms with Crippen molar-refractivity contribution in [2.45, 2.75) is 13.3 Å². The summed E-state index contributed by atoms with van der Waals surface area (Å²) in [7, 11) is 0. The highest BCUT2D eigenvalue weighted by Gasteiger charge is 2.04. The summed E-state index contributed by atoms with van der Waals surface area (Å²) in [6, 6.07) is 8.03. The Morgan fingerprint density at radius 2 is 1.95 bits per heavy atom. The molecule has 0 aliphatic rings. The van der Waals surface area contributed by atoms with Crippen molar-refractivity contribution in [1.29, 1.82) is 0 Å². The van der Waals surface area contributed by atoms with Crippen molar-refractivity contribution < 1.29 is 0 Å². The Kier molecular flexibility index (Phi) is 3.14. The molecule has 0 aliphatic heterocycles. The minimum absolute atomic E-state index is 0.953. The second-order valence-corrected chi connectivity index (χ2v) is 4.47. The van der Waals surface area contributed by atoms with Gasteiger partial charge in [-0.25, -0.2) is 4.98 Å². The maximum absolute atomic E-state index is 4.61. The van der Waals surface area contributed by atoms with E-state index in [1.807, 2.05) is 28.8 Å². The van der Waals surface area contributed by atoms with E-state index in [2.05, 4.69) is 34.5 Å². The fourth-order valence-corrected chi connectivity index (χ4v) is 2.03. The van der Waals surface area contributed by atoms with Crippen LogP contribution in [0.4, 0.5) is 5.69 Å². The summed E-state index contributed by atoms with van der Waals surface area (Å²) in [6.07, 6.45) is 8.80. The maximum atomic E-state index is 4.61. The van der Waals surface area contributed by atoms with Crippen LogP contribution in [0.3, 0.4) is 0 Å². The third-order valence-electron chi connectivity index (χ3n) is 3.01. The zero-order valence-corrected chi connectivity index (χ0v) is 10.9. The van der Waals surface area contributed by atoms with E-state index >= 15 is 0 Å². The van der Waals surface area contributed by atoms with Crippen LogP contribution in [0, 0.1) is 0 Å². The van der Waals surface area contributed by atoms with Crippen LogP contribution in [0.25, 0.3) is 16.9 Å². The second-order valence-electron chi connectivity index (χ2n) is 4.47. The van der Waals surface area contributed by atoms with E-state index < -0.39 is 0 Å². The van der Waals surface area contributed by atoms with Crippen molar-refractivity contribution in [3.8, 4) is 11.3 Å². The van der Waals surface area contributed by atoms with Gasteiger partial charge in [0.2, 0.25) is 0 Å². The molecule has 3 aromatic heterocycles. The number of anilines is 1. The van der Waals surface area contributed by atoms with E-state index in [-0.39, 0.29) is 0 Å². The van der Waals surface area contributed by atoms with Crippen molar-refractivity contribution in [1.82, 2.24) is 14.4 Å². The van der Waals surface area contributed by atoms with Gasteiger partial charge in [-0.1, -0.05) is 6.92 Å². The Labute approximate surface area is 112 Å². The van der Waals surface area contributed by atoms with Crippen molar-refractivity contribution in [2.75, 3.05) is 11.9 Å².